The van der Waals surface area contributed by atoms with Gasteiger partial charge in [0.25, 0.3) is 0 Å². The summed E-state index contributed by atoms with van der Waals surface area (Å²) in [4.78, 5) is 16.7. The summed E-state index contributed by atoms with van der Waals surface area (Å²) >= 11 is 7.34. The average molecular weight is 385 g/mol. The lowest BCUT2D eigenvalue weighted by Crippen LogP contribution is -2.47. The monoisotopic (exact) mass is 384 g/mol. The molecule has 0 aliphatic carbocycles. The van der Waals surface area contributed by atoms with E-state index in [1.54, 1.807) is 19.1 Å². The molecule has 5 nitrogen and oxygen atoms in total. The molecule has 8 heteroatoms. The van der Waals surface area contributed by atoms with Crippen LogP contribution in [0.2, 0.25) is 5.02 Å². The Hall–Kier alpha value is -1.44. The van der Waals surface area contributed by atoms with Crippen molar-refractivity contribution in [3.8, 4) is 10.6 Å². The second-order valence-electron chi connectivity index (χ2n) is 6.28. The van der Waals surface area contributed by atoms with E-state index in [0.717, 1.165) is 10.6 Å². The highest BCUT2D eigenvalue weighted by atomic mass is 35.5. The third kappa shape index (κ3) is 4.15. The quantitative estimate of drug-likeness (QED) is 0.879. The average Bonchev–Trinajstić information content (AvgIpc) is 3.04. The fourth-order valence-corrected chi connectivity index (χ4v) is 5.81. The predicted molar refractivity (Wildman–Crippen MR) is 96.1 cm³/mol. The maximum absolute atomic E-state index is 12.2. The number of carbonyl (C=O) groups is 1. The highest BCUT2D eigenvalue weighted by Gasteiger charge is 2.39. The highest BCUT2D eigenvalue weighted by molar-refractivity contribution is 7.91. The topological polar surface area (TPSA) is 76.1 Å². The highest BCUT2D eigenvalue weighted by Crippen LogP contribution is 2.26. The van der Waals surface area contributed by atoms with Crippen molar-refractivity contribution in [2.45, 2.75) is 25.3 Å². The van der Waals surface area contributed by atoms with Crippen LogP contribution in [-0.2, 0) is 21.1 Å². The van der Waals surface area contributed by atoms with Crippen LogP contribution >= 0.6 is 22.9 Å². The van der Waals surface area contributed by atoms with Crippen LogP contribution in [0, 0.1) is 0 Å². The molecular weight excluding hydrogens is 368 g/mol. The number of hydrogen-bond acceptors (Lipinski definition) is 5. The van der Waals surface area contributed by atoms with Gasteiger partial charge in [0.2, 0.25) is 5.91 Å². The van der Waals surface area contributed by atoms with Crippen LogP contribution in [0.1, 0.15) is 19.0 Å². The molecule has 1 aromatic heterocycles. The third-order valence-corrected chi connectivity index (χ3v) is 7.02. The lowest BCUT2D eigenvalue weighted by molar-refractivity contribution is -0.121. The van der Waals surface area contributed by atoms with Gasteiger partial charge in [-0.15, -0.1) is 11.3 Å². The Morgan fingerprint density at radius 3 is 2.71 bits per heavy atom. The molecule has 0 saturated carbocycles. The number of rotatable bonds is 4. The molecule has 1 fully saturated rings. The number of thiazole rings is 1. The summed E-state index contributed by atoms with van der Waals surface area (Å²) in [5.74, 6) is -0.0809. The Morgan fingerprint density at radius 2 is 2.08 bits per heavy atom. The second-order valence-corrected chi connectivity index (χ2v) is 9.76. The maximum atomic E-state index is 12.2. The van der Waals surface area contributed by atoms with Crippen LogP contribution in [0.3, 0.4) is 0 Å². The standard InChI is InChI=1S/C16H17ClN2O3S2/c1-16(6-7-24(21,22)10-16)19-14(20)8-13-9-23-15(18-13)11-2-4-12(17)5-3-11/h2-5,9H,6-8,10H2,1H3,(H,19,20)/t16-/m1/s1. The fraction of sp³-hybridized carbons (Fsp3) is 0.375. The first-order valence-corrected chi connectivity index (χ1v) is 10.5. The van der Waals surface area contributed by atoms with Crippen molar-refractivity contribution >= 4 is 38.7 Å². The van der Waals surface area contributed by atoms with E-state index in [-0.39, 0.29) is 23.8 Å². The summed E-state index contributed by atoms with van der Waals surface area (Å²) in [5, 5.41) is 6.17. The summed E-state index contributed by atoms with van der Waals surface area (Å²) < 4.78 is 23.2. The number of nitrogens with one attached hydrogen (secondary N) is 1. The SMILES string of the molecule is C[C@@]1(NC(=O)Cc2csc(-c3ccc(Cl)cc3)n2)CCS(=O)(=O)C1. The smallest absolute Gasteiger partial charge is 0.226 e. The zero-order chi connectivity index (χ0) is 17.4. The molecule has 1 N–H and O–H groups in total. The third-order valence-electron chi connectivity index (χ3n) is 3.93. The minimum absolute atomic E-state index is 0.00116. The van der Waals surface area contributed by atoms with Crippen molar-refractivity contribution in [1.29, 1.82) is 0 Å². The van der Waals surface area contributed by atoms with Gasteiger partial charge in [0.05, 0.1) is 29.2 Å². The fourth-order valence-electron chi connectivity index (χ4n) is 2.77. The van der Waals surface area contributed by atoms with E-state index >= 15 is 0 Å². The summed E-state index contributed by atoms with van der Waals surface area (Å²) in [6.45, 7) is 1.77. The molecule has 2 heterocycles. The minimum Gasteiger partial charge on any atom is -0.350 e. The molecule has 0 radical (unpaired) electrons. The number of amides is 1. The van der Waals surface area contributed by atoms with Gasteiger partial charge in [0, 0.05) is 16.0 Å². The van der Waals surface area contributed by atoms with Crippen molar-refractivity contribution in [1.82, 2.24) is 10.3 Å². The molecule has 3 rings (SSSR count). The molecule has 1 atom stereocenters. The largest absolute Gasteiger partial charge is 0.350 e. The second kappa shape index (κ2) is 6.46. The van der Waals surface area contributed by atoms with E-state index in [4.69, 9.17) is 11.6 Å². The zero-order valence-electron chi connectivity index (χ0n) is 13.1. The van der Waals surface area contributed by atoms with Crippen molar-refractivity contribution in [2.24, 2.45) is 0 Å². The van der Waals surface area contributed by atoms with E-state index in [0.29, 0.717) is 17.1 Å². The van der Waals surface area contributed by atoms with Crippen LogP contribution in [0.5, 0.6) is 0 Å². The lowest BCUT2D eigenvalue weighted by atomic mass is 10.0. The van der Waals surface area contributed by atoms with Gasteiger partial charge >= 0.3 is 0 Å². The molecule has 0 spiro atoms. The van der Waals surface area contributed by atoms with Gasteiger partial charge in [0.1, 0.15) is 5.01 Å². The zero-order valence-corrected chi connectivity index (χ0v) is 15.5. The van der Waals surface area contributed by atoms with Gasteiger partial charge in [-0.2, -0.15) is 0 Å². The first-order chi connectivity index (χ1) is 11.2. The molecule has 1 aromatic carbocycles. The first kappa shape index (κ1) is 17.4. The lowest BCUT2D eigenvalue weighted by Gasteiger charge is -2.23. The number of sulfone groups is 1. The molecule has 1 aliphatic rings. The Bertz CT molecular complexity index is 862. The van der Waals surface area contributed by atoms with Crippen molar-refractivity contribution in [3.63, 3.8) is 0 Å². The van der Waals surface area contributed by atoms with E-state index in [2.05, 4.69) is 10.3 Å². The molecule has 24 heavy (non-hydrogen) atoms. The molecule has 2 aromatic rings. The van der Waals surface area contributed by atoms with Gasteiger partial charge in [-0.05, 0) is 25.5 Å². The van der Waals surface area contributed by atoms with E-state index in [1.807, 2.05) is 17.5 Å². The van der Waals surface area contributed by atoms with Crippen molar-refractivity contribution in [2.75, 3.05) is 11.5 Å². The van der Waals surface area contributed by atoms with Gasteiger partial charge < -0.3 is 5.32 Å². The molecule has 0 unspecified atom stereocenters. The minimum atomic E-state index is -3.05. The Kier molecular flexibility index (Phi) is 4.68. The van der Waals surface area contributed by atoms with Crippen LogP contribution in [0.15, 0.2) is 29.6 Å². The van der Waals surface area contributed by atoms with Gasteiger partial charge in [-0.25, -0.2) is 13.4 Å². The Morgan fingerprint density at radius 1 is 1.38 bits per heavy atom. The summed E-state index contributed by atoms with van der Waals surface area (Å²) in [7, 11) is -3.05. The molecular formula is C16H17ClN2O3S2. The van der Waals surface area contributed by atoms with Gasteiger partial charge in [-0.1, -0.05) is 23.7 Å². The number of hydrogen-bond donors (Lipinski definition) is 1. The molecule has 0 bridgehead atoms. The van der Waals surface area contributed by atoms with Crippen molar-refractivity contribution in [3.05, 3.63) is 40.4 Å². The number of halogens is 1. The molecule has 128 valence electrons. The number of benzene rings is 1. The van der Waals surface area contributed by atoms with E-state index < -0.39 is 15.4 Å². The van der Waals surface area contributed by atoms with Crippen LogP contribution in [-0.4, -0.2) is 36.4 Å². The van der Waals surface area contributed by atoms with Crippen LogP contribution in [0.4, 0.5) is 0 Å². The van der Waals surface area contributed by atoms with Gasteiger partial charge in [-0.3, -0.25) is 4.79 Å². The summed E-state index contributed by atoms with van der Waals surface area (Å²) in [5.41, 5.74) is 0.946. The maximum Gasteiger partial charge on any atom is 0.226 e. The molecule has 1 amide bonds. The Balaban J connectivity index is 1.64. The number of nitrogens with zero attached hydrogens (tertiary/aromatic N) is 1. The predicted octanol–water partition coefficient (Wildman–Crippen LogP) is 2.70. The van der Waals surface area contributed by atoms with Gasteiger partial charge in [0.15, 0.2) is 9.84 Å². The molecule has 1 saturated heterocycles. The van der Waals surface area contributed by atoms with E-state index in [9.17, 15) is 13.2 Å². The van der Waals surface area contributed by atoms with E-state index in [1.165, 1.54) is 11.3 Å². The molecule has 1 aliphatic heterocycles. The van der Waals surface area contributed by atoms with Crippen LogP contribution < -0.4 is 5.32 Å². The Labute approximate surface area is 150 Å². The number of carbonyl (C=O) groups excluding carboxylic acids is 1. The summed E-state index contributed by atoms with van der Waals surface area (Å²) in [6.07, 6.45) is 0.591. The summed E-state index contributed by atoms with van der Waals surface area (Å²) in [6, 6.07) is 7.36. The number of aromatic nitrogens is 1. The van der Waals surface area contributed by atoms with Crippen molar-refractivity contribution < 1.29 is 13.2 Å². The first-order valence-electron chi connectivity index (χ1n) is 7.47. The van der Waals surface area contributed by atoms with Crippen LogP contribution in [0.25, 0.3) is 10.6 Å². The normalized spacial score (nSPS) is 22.4.